The van der Waals surface area contributed by atoms with E-state index in [4.69, 9.17) is 9.47 Å². The molecule has 0 unspecified atom stereocenters. The molecule has 0 aromatic heterocycles. The molecule has 0 atom stereocenters. The van der Waals surface area contributed by atoms with Gasteiger partial charge in [0.1, 0.15) is 17.4 Å². The lowest BCUT2D eigenvalue weighted by Crippen LogP contribution is -2.20. The number of carbonyl (C=O) groups excluding carboxylic acids is 2. The van der Waals surface area contributed by atoms with E-state index in [1.54, 1.807) is 12.1 Å². The molecule has 0 saturated carbocycles. The third-order valence-corrected chi connectivity index (χ3v) is 5.78. The van der Waals surface area contributed by atoms with E-state index in [2.05, 4.69) is 26.6 Å². The van der Waals surface area contributed by atoms with E-state index in [1.807, 2.05) is 38.1 Å². The van der Waals surface area contributed by atoms with Gasteiger partial charge in [-0.25, -0.2) is 0 Å². The zero-order valence-corrected chi connectivity index (χ0v) is 21.5. The summed E-state index contributed by atoms with van der Waals surface area (Å²) in [4.78, 5) is 24.9. The molecule has 3 rings (SSSR count). The van der Waals surface area contributed by atoms with E-state index in [0.717, 1.165) is 11.1 Å². The predicted octanol–water partition coefficient (Wildman–Crippen LogP) is 5.34. The van der Waals surface area contributed by atoms with Crippen molar-refractivity contribution < 1.29 is 24.2 Å². The minimum Gasteiger partial charge on any atom is -0.508 e. The largest absolute Gasteiger partial charge is 0.508 e. The van der Waals surface area contributed by atoms with Gasteiger partial charge in [-0.1, -0.05) is 6.07 Å². The zero-order valence-electron chi connectivity index (χ0n) is 19.9. The molecule has 9 heteroatoms. The topological polar surface area (TPSA) is 121 Å². The third kappa shape index (κ3) is 6.87. The third-order valence-electron chi connectivity index (χ3n) is 5.19. The molecule has 8 nitrogen and oxygen atoms in total. The lowest BCUT2D eigenvalue weighted by atomic mass is 10.1. The van der Waals surface area contributed by atoms with Gasteiger partial charge >= 0.3 is 0 Å². The fourth-order valence-corrected chi connectivity index (χ4v) is 3.75. The van der Waals surface area contributed by atoms with Crippen LogP contribution >= 0.6 is 15.9 Å². The smallest absolute Gasteiger partial charge is 0.266 e. The number of nitrogens with zero attached hydrogens (tertiary/aromatic N) is 1. The Morgan fingerprint density at radius 3 is 2.36 bits per heavy atom. The number of carbonyl (C=O) groups is 2. The summed E-state index contributed by atoms with van der Waals surface area (Å²) in [6, 6.07) is 16.6. The Labute approximate surface area is 217 Å². The lowest BCUT2D eigenvalue weighted by Gasteiger charge is -2.14. The fourth-order valence-electron chi connectivity index (χ4n) is 3.18. The second-order valence-corrected chi connectivity index (χ2v) is 8.70. The quantitative estimate of drug-likeness (QED) is 0.198. The molecule has 0 heterocycles. The number of aryl methyl sites for hydroxylation is 2. The number of anilines is 2. The van der Waals surface area contributed by atoms with Crippen molar-refractivity contribution in [1.29, 1.82) is 5.26 Å². The van der Waals surface area contributed by atoms with Gasteiger partial charge in [-0.05, 0) is 101 Å². The Hall–Kier alpha value is -4.29. The van der Waals surface area contributed by atoms with Gasteiger partial charge in [0, 0.05) is 11.4 Å². The highest BCUT2D eigenvalue weighted by molar-refractivity contribution is 9.10. The van der Waals surface area contributed by atoms with E-state index in [9.17, 15) is 20.0 Å². The first-order valence-corrected chi connectivity index (χ1v) is 11.6. The van der Waals surface area contributed by atoms with Crippen LogP contribution in [-0.2, 0) is 9.59 Å². The van der Waals surface area contributed by atoms with Crippen molar-refractivity contribution in [2.45, 2.75) is 13.8 Å². The highest BCUT2D eigenvalue weighted by Gasteiger charge is 2.15. The molecule has 0 aliphatic rings. The first-order chi connectivity index (χ1) is 17.2. The van der Waals surface area contributed by atoms with Crippen LogP contribution in [0.15, 0.2) is 64.6 Å². The van der Waals surface area contributed by atoms with Crippen LogP contribution in [0.2, 0.25) is 0 Å². The number of benzene rings is 3. The average Bonchev–Trinajstić information content (AvgIpc) is 2.85. The highest BCUT2D eigenvalue weighted by atomic mass is 79.9. The molecule has 0 radical (unpaired) electrons. The minimum atomic E-state index is -0.610. The van der Waals surface area contributed by atoms with Gasteiger partial charge < -0.3 is 25.2 Å². The summed E-state index contributed by atoms with van der Waals surface area (Å²) in [5.41, 5.74) is 3.66. The summed E-state index contributed by atoms with van der Waals surface area (Å²) in [5, 5.41) is 24.3. The molecular formula is C27H24BrN3O5. The number of phenolic OH excluding ortho intramolecular Hbond substituents is 1. The van der Waals surface area contributed by atoms with Crippen molar-refractivity contribution in [2.24, 2.45) is 0 Å². The van der Waals surface area contributed by atoms with Gasteiger partial charge in [0.15, 0.2) is 18.1 Å². The van der Waals surface area contributed by atoms with Gasteiger partial charge in [-0.2, -0.15) is 5.26 Å². The number of hydrogen-bond acceptors (Lipinski definition) is 6. The van der Waals surface area contributed by atoms with Gasteiger partial charge in [0.2, 0.25) is 0 Å². The Balaban J connectivity index is 1.73. The number of rotatable bonds is 8. The zero-order chi connectivity index (χ0) is 26.2. The normalized spacial score (nSPS) is 10.8. The van der Waals surface area contributed by atoms with Crippen LogP contribution in [0.4, 0.5) is 11.4 Å². The van der Waals surface area contributed by atoms with Crippen molar-refractivity contribution in [3.63, 3.8) is 0 Å². The second kappa shape index (κ2) is 11.9. The molecule has 0 fully saturated rings. The molecule has 0 aliphatic carbocycles. The number of halogens is 1. The summed E-state index contributed by atoms with van der Waals surface area (Å²) in [6.45, 7) is 3.71. The van der Waals surface area contributed by atoms with Crippen LogP contribution in [0.25, 0.3) is 6.08 Å². The molecule has 0 saturated heterocycles. The number of amides is 2. The van der Waals surface area contributed by atoms with Crippen molar-refractivity contribution in [2.75, 3.05) is 24.4 Å². The van der Waals surface area contributed by atoms with Crippen molar-refractivity contribution in [1.82, 2.24) is 0 Å². The first-order valence-electron chi connectivity index (χ1n) is 10.8. The Morgan fingerprint density at radius 1 is 1.03 bits per heavy atom. The van der Waals surface area contributed by atoms with Crippen molar-refractivity contribution >= 4 is 45.2 Å². The van der Waals surface area contributed by atoms with Crippen LogP contribution in [0, 0.1) is 25.2 Å². The number of aromatic hydroxyl groups is 1. The average molecular weight is 550 g/mol. The summed E-state index contributed by atoms with van der Waals surface area (Å²) < 4.78 is 11.6. The number of nitrogens with one attached hydrogen (secondary N) is 2. The molecule has 0 spiro atoms. The summed E-state index contributed by atoms with van der Waals surface area (Å²) in [5.74, 6) is -0.274. The molecule has 3 N–H and O–H groups in total. The number of methoxy groups -OCH3 is 1. The highest BCUT2D eigenvalue weighted by Crippen LogP contribution is 2.37. The van der Waals surface area contributed by atoms with Crippen LogP contribution in [0.5, 0.6) is 17.2 Å². The molecule has 184 valence electrons. The molecule has 3 aromatic rings. The monoisotopic (exact) mass is 549 g/mol. The Kier molecular flexibility index (Phi) is 8.71. The van der Waals surface area contributed by atoms with Gasteiger partial charge in [-0.3, -0.25) is 9.59 Å². The standard InChI is InChI=1S/C27H24BrN3O5/c1-16-4-5-21(10-17(16)2)30-25(33)15-36-26-23(28)12-18(13-24(26)35-3)11-19(14-29)27(34)31-20-6-8-22(32)9-7-20/h4-13,32H,15H2,1-3H3,(H,30,33)(H,31,34)/b19-11+. The Bertz CT molecular complexity index is 1360. The van der Waals surface area contributed by atoms with Crippen LogP contribution in [0.1, 0.15) is 16.7 Å². The maximum absolute atomic E-state index is 12.5. The molecule has 0 aliphatic heterocycles. The fraction of sp³-hybridized carbons (Fsp3) is 0.148. The number of ether oxygens (including phenoxy) is 2. The van der Waals surface area contributed by atoms with E-state index < -0.39 is 5.91 Å². The van der Waals surface area contributed by atoms with Crippen LogP contribution in [0.3, 0.4) is 0 Å². The van der Waals surface area contributed by atoms with Crippen molar-refractivity contribution in [3.05, 3.63) is 81.3 Å². The maximum Gasteiger partial charge on any atom is 0.266 e. The van der Waals surface area contributed by atoms with Crippen molar-refractivity contribution in [3.8, 4) is 23.3 Å². The number of hydrogen-bond donors (Lipinski definition) is 3. The van der Waals surface area contributed by atoms with Gasteiger partial charge in [0.25, 0.3) is 11.8 Å². The molecule has 36 heavy (non-hydrogen) atoms. The van der Waals surface area contributed by atoms with Gasteiger partial charge in [-0.15, -0.1) is 0 Å². The predicted molar refractivity (Wildman–Crippen MR) is 141 cm³/mol. The summed E-state index contributed by atoms with van der Waals surface area (Å²) >= 11 is 3.41. The van der Waals surface area contributed by atoms with E-state index in [0.29, 0.717) is 32.9 Å². The molecular weight excluding hydrogens is 526 g/mol. The summed E-state index contributed by atoms with van der Waals surface area (Å²) in [7, 11) is 1.44. The molecule has 3 aromatic carbocycles. The number of phenols is 1. The van der Waals surface area contributed by atoms with Gasteiger partial charge in [0.05, 0.1) is 11.6 Å². The van der Waals surface area contributed by atoms with Crippen LogP contribution < -0.4 is 20.1 Å². The first kappa shape index (κ1) is 26.3. The van der Waals surface area contributed by atoms with Crippen LogP contribution in [-0.4, -0.2) is 30.6 Å². The minimum absolute atomic E-state index is 0.0611. The maximum atomic E-state index is 12.5. The van der Waals surface area contributed by atoms with E-state index >= 15 is 0 Å². The van der Waals surface area contributed by atoms with E-state index in [-0.39, 0.29) is 23.8 Å². The Morgan fingerprint density at radius 2 is 1.72 bits per heavy atom. The molecule has 2 amide bonds. The summed E-state index contributed by atoms with van der Waals surface area (Å²) in [6.07, 6.45) is 1.40. The lowest BCUT2D eigenvalue weighted by molar-refractivity contribution is -0.118. The molecule has 0 bridgehead atoms. The SMILES string of the molecule is COc1cc(/C=C(\C#N)C(=O)Nc2ccc(O)cc2)cc(Br)c1OCC(=O)Nc1ccc(C)c(C)c1. The van der Waals surface area contributed by atoms with E-state index in [1.165, 1.54) is 37.5 Å². The second-order valence-electron chi connectivity index (χ2n) is 7.84. The number of nitriles is 1.